The van der Waals surface area contributed by atoms with Gasteiger partial charge >= 0.3 is 0 Å². The van der Waals surface area contributed by atoms with Crippen molar-refractivity contribution >= 4 is 16.5 Å². The SMILES string of the molecule is NCCCc1nnc(N)s1. The number of hydrogen-bond acceptors (Lipinski definition) is 5. The molecule has 0 saturated carbocycles. The predicted molar refractivity (Wildman–Crippen MR) is 41.7 cm³/mol. The van der Waals surface area contributed by atoms with Gasteiger partial charge in [-0.15, -0.1) is 10.2 Å². The van der Waals surface area contributed by atoms with Gasteiger partial charge in [-0.05, 0) is 13.0 Å². The fourth-order valence-electron chi connectivity index (χ4n) is 0.621. The lowest BCUT2D eigenvalue weighted by molar-refractivity contribution is 0.813. The lowest BCUT2D eigenvalue weighted by Gasteiger charge is -1.88. The summed E-state index contributed by atoms with van der Waals surface area (Å²) < 4.78 is 0. The Hall–Kier alpha value is -0.680. The van der Waals surface area contributed by atoms with Gasteiger partial charge in [0.05, 0.1) is 0 Å². The molecule has 1 aromatic heterocycles. The lowest BCUT2D eigenvalue weighted by Crippen LogP contribution is -1.99. The van der Waals surface area contributed by atoms with Gasteiger partial charge in [-0.25, -0.2) is 0 Å². The van der Waals surface area contributed by atoms with Gasteiger partial charge in [-0.2, -0.15) is 0 Å². The van der Waals surface area contributed by atoms with Gasteiger partial charge < -0.3 is 11.5 Å². The molecular weight excluding hydrogens is 148 g/mol. The van der Waals surface area contributed by atoms with E-state index in [1.807, 2.05) is 0 Å². The predicted octanol–water partition coefficient (Wildman–Crippen LogP) is 0.0116. The van der Waals surface area contributed by atoms with Crippen molar-refractivity contribution in [3.8, 4) is 0 Å². The number of anilines is 1. The van der Waals surface area contributed by atoms with Crippen LogP contribution in [-0.4, -0.2) is 16.7 Å². The van der Waals surface area contributed by atoms with Crippen LogP contribution >= 0.6 is 11.3 Å². The standard InChI is InChI=1S/C5H10N4S/c6-3-1-2-4-8-9-5(7)10-4/h1-3,6H2,(H2,7,9). The fourth-order valence-corrected chi connectivity index (χ4v) is 1.27. The summed E-state index contributed by atoms with van der Waals surface area (Å²) in [4.78, 5) is 0. The largest absolute Gasteiger partial charge is 0.374 e. The molecule has 0 aliphatic rings. The molecule has 0 amide bonds. The van der Waals surface area contributed by atoms with Gasteiger partial charge in [0.15, 0.2) is 0 Å². The third-order valence-electron chi connectivity index (χ3n) is 1.08. The van der Waals surface area contributed by atoms with E-state index < -0.39 is 0 Å². The van der Waals surface area contributed by atoms with E-state index in [1.165, 1.54) is 11.3 Å². The Labute approximate surface area is 63.3 Å². The van der Waals surface area contributed by atoms with Crippen LogP contribution in [0, 0.1) is 0 Å². The topological polar surface area (TPSA) is 77.8 Å². The Morgan fingerprint density at radius 2 is 2.20 bits per heavy atom. The van der Waals surface area contributed by atoms with Crippen LogP contribution in [0.2, 0.25) is 0 Å². The number of hydrogen-bond donors (Lipinski definition) is 2. The zero-order valence-electron chi connectivity index (χ0n) is 5.58. The van der Waals surface area contributed by atoms with Crippen LogP contribution in [0.4, 0.5) is 5.13 Å². The second-order valence-corrected chi connectivity index (χ2v) is 3.02. The highest BCUT2D eigenvalue weighted by atomic mass is 32.1. The van der Waals surface area contributed by atoms with Gasteiger partial charge in [0, 0.05) is 6.42 Å². The van der Waals surface area contributed by atoms with Gasteiger partial charge in [-0.3, -0.25) is 0 Å². The number of rotatable bonds is 3. The maximum absolute atomic E-state index is 5.36. The molecule has 0 radical (unpaired) electrons. The summed E-state index contributed by atoms with van der Waals surface area (Å²) in [6, 6.07) is 0. The van der Waals surface area contributed by atoms with Crippen LogP contribution in [0.15, 0.2) is 0 Å². The van der Waals surface area contributed by atoms with Crippen LogP contribution in [-0.2, 0) is 6.42 Å². The first kappa shape index (κ1) is 7.43. The zero-order valence-corrected chi connectivity index (χ0v) is 6.40. The fraction of sp³-hybridized carbons (Fsp3) is 0.600. The summed E-state index contributed by atoms with van der Waals surface area (Å²) in [5.41, 5.74) is 10.7. The molecular formula is C5H10N4S. The summed E-state index contributed by atoms with van der Waals surface area (Å²) in [6.45, 7) is 0.694. The minimum absolute atomic E-state index is 0.534. The number of aromatic nitrogens is 2. The molecule has 1 aromatic rings. The van der Waals surface area contributed by atoms with E-state index in [1.54, 1.807) is 0 Å². The molecule has 0 fully saturated rings. The Morgan fingerprint density at radius 3 is 2.70 bits per heavy atom. The summed E-state index contributed by atoms with van der Waals surface area (Å²) in [6.07, 6.45) is 1.85. The van der Waals surface area contributed by atoms with Gasteiger partial charge in [-0.1, -0.05) is 11.3 Å². The third kappa shape index (κ3) is 1.93. The van der Waals surface area contributed by atoms with E-state index in [0.29, 0.717) is 11.7 Å². The second kappa shape index (κ2) is 3.48. The minimum Gasteiger partial charge on any atom is -0.374 e. The number of nitrogens with two attached hydrogens (primary N) is 2. The highest BCUT2D eigenvalue weighted by Crippen LogP contribution is 2.11. The van der Waals surface area contributed by atoms with Crippen LogP contribution in [0.1, 0.15) is 11.4 Å². The monoisotopic (exact) mass is 158 g/mol. The Bertz CT molecular complexity index is 197. The van der Waals surface area contributed by atoms with Crippen LogP contribution in [0.5, 0.6) is 0 Å². The second-order valence-electron chi connectivity index (χ2n) is 1.93. The molecule has 0 aliphatic heterocycles. The highest BCUT2D eigenvalue weighted by Gasteiger charge is 1.98. The molecule has 0 aromatic carbocycles. The van der Waals surface area contributed by atoms with Crippen LogP contribution in [0.3, 0.4) is 0 Å². The summed E-state index contributed by atoms with van der Waals surface area (Å²) in [7, 11) is 0. The molecule has 4 N–H and O–H groups in total. The number of aryl methyl sites for hydroxylation is 1. The quantitative estimate of drug-likeness (QED) is 0.649. The molecule has 4 nitrogen and oxygen atoms in total. The van der Waals surface area contributed by atoms with E-state index >= 15 is 0 Å². The highest BCUT2D eigenvalue weighted by molar-refractivity contribution is 7.15. The molecule has 0 aliphatic carbocycles. The zero-order chi connectivity index (χ0) is 7.40. The van der Waals surface area contributed by atoms with Crippen molar-refractivity contribution in [1.29, 1.82) is 0 Å². The first-order valence-corrected chi connectivity index (χ1v) is 3.92. The molecule has 0 spiro atoms. The Kier molecular flexibility index (Phi) is 2.58. The Morgan fingerprint density at radius 1 is 1.40 bits per heavy atom. The molecule has 0 saturated heterocycles. The molecule has 10 heavy (non-hydrogen) atoms. The van der Waals surface area contributed by atoms with Crippen LogP contribution < -0.4 is 11.5 Å². The maximum Gasteiger partial charge on any atom is 0.203 e. The lowest BCUT2D eigenvalue weighted by atomic mass is 10.3. The van der Waals surface area contributed by atoms with E-state index in [9.17, 15) is 0 Å². The van der Waals surface area contributed by atoms with Gasteiger partial charge in [0.25, 0.3) is 0 Å². The normalized spacial score (nSPS) is 10.1. The van der Waals surface area contributed by atoms with Crippen molar-refractivity contribution in [1.82, 2.24) is 10.2 Å². The molecule has 0 bridgehead atoms. The summed E-state index contributed by atoms with van der Waals surface area (Å²) in [5.74, 6) is 0. The average Bonchev–Trinajstić information content (AvgIpc) is 2.31. The van der Waals surface area contributed by atoms with Crippen molar-refractivity contribution in [3.63, 3.8) is 0 Å². The van der Waals surface area contributed by atoms with E-state index in [4.69, 9.17) is 11.5 Å². The molecule has 5 heteroatoms. The molecule has 0 unspecified atom stereocenters. The molecule has 0 atom stereocenters. The summed E-state index contributed by atoms with van der Waals surface area (Å²) in [5, 5.41) is 9.03. The van der Waals surface area contributed by atoms with Crippen molar-refractivity contribution in [2.24, 2.45) is 5.73 Å². The van der Waals surface area contributed by atoms with Crippen molar-refractivity contribution < 1.29 is 0 Å². The third-order valence-corrected chi connectivity index (χ3v) is 1.89. The maximum atomic E-state index is 5.36. The Balaban J connectivity index is 2.42. The van der Waals surface area contributed by atoms with E-state index in [0.717, 1.165) is 17.8 Å². The first-order chi connectivity index (χ1) is 4.83. The average molecular weight is 158 g/mol. The number of nitrogen functional groups attached to an aromatic ring is 1. The molecule has 1 heterocycles. The first-order valence-electron chi connectivity index (χ1n) is 3.11. The smallest absolute Gasteiger partial charge is 0.203 e. The summed E-state index contributed by atoms with van der Waals surface area (Å²) >= 11 is 1.43. The van der Waals surface area contributed by atoms with E-state index in [2.05, 4.69) is 10.2 Å². The minimum atomic E-state index is 0.534. The molecule has 56 valence electrons. The van der Waals surface area contributed by atoms with Gasteiger partial charge in [0.1, 0.15) is 5.01 Å². The molecule has 1 rings (SSSR count). The van der Waals surface area contributed by atoms with Crippen molar-refractivity contribution in [2.75, 3.05) is 12.3 Å². The van der Waals surface area contributed by atoms with Crippen molar-refractivity contribution in [2.45, 2.75) is 12.8 Å². The number of nitrogens with zero attached hydrogens (tertiary/aromatic N) is 2. The van der Waals surface area contributed by atoms with Gasteiger partial charge in [0.2, 0.25) is 5.13 Å². The van der Waals surface area contributed by atoms with E-state index in [-0.39, 0.29) is 0 Å². The van der Waals surface area contributed by atoms with Crippen molar-refractivity contribution in [3.05, 3.63) is 5.01 Å². The van der Waals surface area contributed by atoms with Crippen LogP contribution in [0.25, 0.3) is 0 Å².